The van der Waals surface area contributed by atoms with Gasteiger partial charge in [0.05, 0.1) is 0 Å². The zero-order valence-corrected chi connectivity index (χ0v) is 19.1. The molecule has 2 fully saturated rings. The van der Waals surface area contributed by atoms with Crippen LogP contribution in [0, 0.1) is 6.92 Å². The van der Waals surface area contributed by atoms with E-state index in [0.29, 0.717) is 13.0 Å². The summed E-state index contributed by atoms with van der Waals surface area (Å²) < 4.78 is 5.91. The van der Waals surface area contributed by atoms with Crippen LogP contribution in [0.1, 0.15) is 31.4 Å². The minimum Gasteiger partial charge on any atom is -0.491 e. The van der Waals surface area contributed by atoms with E-state index in [9.17, 15) is 9.90 Å². The number of carbonyl (C=O) groups is 1. The maximum absolute atomic E-state index is 11.6. The molecule has 6 nitrogen and oxygen atoms in total. The summed E-state index contributed by atoms with van der Waals surface area (Å²) in [6.45, 7) is 4.64. The highest BCUT2D eigenvalue weighted by Crippen LogP contribution is 2.31. The lowest BCUT2D eigenvalue weighted by Crippen LogP contribution is -2.52. The van der Waals surface area contributed by atoms with Crippen LogP contribution in [0.5, 0.6) is 5.75 Å². The van der Waals surface area contributed by atoms with E-state index in [1.807, 2.05) is 31.3 Å². The molecule has 3 aromatic rings. The Hall–Kier alpha value is -2.96. The number of nitrogens with zero attached hydrogens (tertiary/aromatic N) is 2. The Bertz CT molecular complexity index is 1150. The Labute approximate surface area is 194 Å². The van der Waals surface area contributed by atoms with Crippen LogP contribution in [-0.4, -0.2) is 58.8 Å². The molecule has 3 heterocycles. The van der Waals surface area contributed by atoms with Gasteiger partial charge in [0, 0.05) is 43.5 Å². The van der Waals surface area contributed by atoms with E-state index in [2.05, 4.69) is 45.5 Å². The van der Waals surface area contributed by atoms with E-state index in [1.165, 1.54) is 0 Å². The molecule has 172 valence electrons. The van der Waals surface area contributed by atoms with Gasteiger partial charge < -0.3 is 20.1 Å². The zero-order valence-electron chi connectivity index (χ0n) is 19.1. The maximum atomic E-state index is 11.6. The number of aryl methyl sites for hydroxylation is 1. The molecule has 6 heteroatoms. The van der Waals surface area contributed by atoms with Gasteiger partial charge in [0.15, 0.2) is 0 Å². The summed E-state index contributed by atoms with van der Waals surface area (Å²) in [5.41, 5.74) is 3.32. The van der Waals surface area contributed by atoms with Gasteiger partial charge >= 0.3 is 0 Å². The summed E-state index contributed by atoms with van der Waals surface area (Å²) in [4.78, 5) is 18.1. The van der Waals surface area contributed by atoms with Gasteiger partial charge in [0.1, 0.15) is 18.5 Å². The highest BCUT2D eigenvalue weighted by Gasteiger charge is 2.40. The predicted molar refractivity (Wildman–Crippen MR) is 129 cm³/mol. The van der Waals surface area contributed by atoms with Crippen molar-refractivity contribution in [1.82, 2.24) is 15.2 Å². The number of aliphatic hydroxyl groups is 1. The van der Waals surface area contributed by atoms with Crippen LogP contribution in [0.25, 0.3) is 21.9 Å². The average molecular weight is 446 g/mol. The third-order valence-electron chi connectivity index (χ3n) is 7.00. The highest BCUT2D eigenvalue weighted by molar-refractivity contribution is 5.88. The van der Waals surface area contributed by atoms with Gasteiger partial charge in [-0.05, 0) is 78.4 Å². The number of benzene rings is 2. The minimum atomic E-state index is -0.551. The lowest BCUT2D eigenvalue weighted by atomic mass is 9.86. The fourth-order valence-corrected chi connectivity index (χ4v) is 5.07. The summed E-state index contributed by atoms with van der Waals surface area (Å²) in [6.07, 6.45) is 4.79. The number of hydrogen-bond acceptors (Lipinski definition) is 5. The highest BCUT2D eigenvalue weighted by atomic mass is 16.5. The first-order valence-corrected chi connectivity index (χ1v) is 11.8. The van der Waals surface area contributed by atoms with Gasteiger partial charge in [-0.15, -0.1) is 0 Å². The smallest absolute Gasteiger partial charge is 0.220 e. The van der Waals surface area contributed by atoms with E-state index in [4.69, 9.17) is 4.74 Å². The standard InChI is InChI=1S/C27H31N3O3/c1-19-14-23(7-11-28-19)20-2-3-22-16-25(5-4-21(22)15-20)33-18-24(31)17-30-12-9-27(10-13-30)8-6-26(32)29-27/h2-5,7,11,14-16,24,31H,6,8-10,12-13,17-18H2,1H3,(H,29,32). The summed E-state index contributed by atoms with van der Waals surface area (Å²) in [5.74, 6) is 0.941. The van der Waals surface area contributed by atoms with E-state index in [1.54, 1.807) is 0 Å². The van der Waals surface area contributed by atoms with Crippen LogP contribution in [0.15, 0.2) is 54.7 Å². The molecule has 2 saturated heterocycles. The van der Waals surface area contributed by atoms with E-state index >= 15 is 0 Å². The second-order valence-electron chi connectivity index (χ2n) is 9.50. The number of aromatic nitrogens is 1. The molecule has 2 aliphatic heterocycles. The average Bonchev–Trinajstić information content (AvgIpc) is 3.19. The molecule has 2 aliphatic rings. The molecule has 1 unspecified atom stereocenters. The van der Waals surface area contributed by atoms with Gasteiger partial charge in [-0.3, -0.25) is 9.78 Å². The number of carbonyl (C=O) groups excluding carboxylic acids is 1. The number of piperidine rings is 1. The largest absolute Gasteiger partial charge is 0.491 e. The number of likely N-dealkylation sites (tertiary alicyclic amines) is 1. The van der Waals surface area contributed by atoms with E-state index in [0.717, 1.165) is 65.7 Å². The topological polar surface area (TPSA) is 74.7 Å². The molecule has 2 N–H and O–H groups in total. The molecule has 1 spiro atoms. The van der Waals surface area contributed by atoms with Crippen LogP contribution in [0.4, 0.5) is 0 Å². The Morgan fingerprint density at radius 3 is 2.58 bits per heavy atom. The van der Waals surface area contributed by atoms with Gasteiger partial charge in [0.2, 0.25) is 5.91 Å². The van der Waals surface area contributed by atoms with Gasteiger partial charge in [-0.25, -0.2) is 0 Å². The molecule has 1 amide bonds. The fourth-order valence-electron chi connectivity index (χ4n) is 5.07. The number of pyridine rings is 1. The number of fused-ring (bicyclic) bond motifs is 1. The third-order valence-corrected chi connectivity index (χ3v) is 7.00. The van der Waals surface area contributed by atoms with Gasteiger partial charge in [0.25, 0.3) is 0 Å². The maximum Gasteiger partial charge on any atom is 0.220 e. The van der Waals surface area contributed by atoms with Crippen LogP contribution in [0.2, 0.25) is 0 Å². The normalized spacial score (nSPS) is 19.0. The first-order chi connectivity index (χ1) is 16.0. The van der Waals surface area contributed by atoms with Gasteiger partial charge in [-0.1, -0.05) is 18.2 Å². The number of hydrogen-bond donors (Lipinski definition) is 2. The van der Waals surface area contributed by atoms with Crippen molar-refractivity contribution in [2.24, 2.45) is 0 Å². The summed E-state index contributed by atoms with van der Waals surface area (Å²) >= 11 is 0. The van der Waals surface area contributed by atoms with Crippen molar-refractivity contribution < 1.29 is 14.6 Å². The van der Waals surface area contributed by atoms with E-state index < -0.39 is 6.10 Å². The molecule has 0 radical (unpaired) electrons. The number of aliphatic hydroxyl groups excluding tert-OH is 1. The molecule has 1 aromatic heterocycles. The number of rotatable bonds is 6. The second kappa shape index (κ2) is 9.12. The number of amides is 1. The third kappa shape index (κ3) is 5.02. The Kier molecular flexibility index (Phi) is 6.04. The van der Waals surface area contributed by atoms with Crippen molar-refractivity contribution in [3.05, 3.63) is 60.4 Å². The van der Waals surface area contributed by atoms with E-state index in [-0.39, 0.29) is 18.1 Å². The fraction of sp³-hybridized carbons (Fsp3) is 0.407. The van der Waals surface area contributed by atoms with Crippen molar-refractivity contribution >= 4 is 16.7 Å². The first kappa shape index (κ1) is 21.9. The predicted octanol–water partition coefficient (Wildman–Crippen LogP) is 3.69. The molecule has 0 saturated carbocycles. The lowest BCUT2D eigenvalue weighted by molar-refractivity contribution is -0.120. The molecule has 1 atom stereocenters. The molecular weight excluding hydrogens is 414 g/mol. The second-order valence-corrected chi connectivity index (χ2v) is 9.50. The number of ether oxygens (including phenoxy) is 1. The van der Waals surface area contributed by atoms with Crippen LogP contribution in [0.3, 0.4) is 0 Å². The van der Waals surface area contributed by atoms with Crippen molar-refractivity contribution in [3.63, 3.8) is 0 Å². The molecule has 5 rings (SSSR count). The Balaban J connectivity index is 1.15. The number of β-amino-alcohol motifs (C(OH)–C–C–N with tert-alkyl or cyclic N) is 1. The van der Waals surface area contributed by atoms with Crippen LogP contribution < -0.4 is 10.1 Å². The molecule has 0 bridgehead atoms. The van der Waals surface area contributed by atoms with Crippen molar-refractivity contribution in [2.45, 2.75) is 44.2 Å². The van der Waals surface area contributed by atoms with Crippen molar-refractivity contribution in [1.29, 1.82) is 0 Å². The summed E-state index contributed by atoms with van der Waals surface area (Å²) in [7, 11) is 0. The molecule has 2 aromatic carbocycles. The quantitative estimate of drug-likeness (QED) is 0.605. The Morgan fingerprint density at radius 2 is 1.82 bits per heavy atom. The first-order valence-electron chi connectivity index (χ1n) is 11.8. The SMILES string of the molecule is Cc1cc(-c2ccc3cc(OCC(O)CN4CCC5(CCC(=O)N5)CC4)ccc3c2)ccn1. The molecule has 0 aliphatic carbocycles. The zero-order chi connectivity index (χ0) is 22.8. The molecular formula is C27H31N3O3. The summed E-state index contributed by atoms with van der Waals surface area (Å²) in [6, 6.07) is 16.6. The minimum absolute atomic E-state index is 0.00375. The molecule has 33 heavy (non-hydrogen) atoms. The monoisotopic (exact) mass is 445 g/mol. The lowest BCUT2D eigenvalue weighted by Gasteiger charge is -2.39. The summed E-state index contributed by atoms with van der Waals surface area (Å²) in [5, 5.41) is 15.9. The number of nitrogens with one attached hydrogen (secondary N) is 1. The van der Waals surface area contributed by atoms with Crippen molar-refractivity contribution in [3.8, 4) is 16.9 Å². The van der Waals surface area contributed by atoms with Crippen molar-refractivity contribution in [2.75, 3.05) is 26.2 Å². The Morgan fingerprint density at radius 1 is 1.06 bits per heavy atom. The van der Waals surface area contributed by atoms with Crippen LogP contribution >= 0.6 is 0 Å². The van der Waals surface area contributed by atoms with Crippen LogP contribution in [-0.2, 0) is 4.79 Å². The van der Waals surface area contributed by atoms with Gasteiger partial charge in [-0.2, -0.15) is 0 Å².